The summed E-state index contributed by atoms with van der Waals surface area (Å²) in [5.41, 5.74) is 7.43. The summed E-state index contributed by atoms with van der Waals surface area (Å²) in [4.78, 5) is 16.7. The maximum atomic E-state index is 11.8. The Morgan fingerprint density at radius 2 is 1.47 bits per heavy atom. The van der Waals surface area contributed by atoms with Crippen LogP contribution >= 0.6 is 0 Å². The van der Waals surface area contributed by atoms with E-state index >= 15 is 0 Å². The summed E-state index contributed by atoms with van der Waals surface area (Å²) in [7, 11) is 0. The molecule has 0 saturated carbocycles. The number of pyridine rings is 1. The molecule has 0 fully saturated rings. The number of nitrogens with zero attached hydrogens (tertiary/aromatic N) is 1. The van der Waals surface area contributed by atoms with Crippen LogP contribution < -0.4 is 0 Å². The van der Waals surface area contributed by atoms with Crippen molar-refractivity contribution in [1.29, 1.82) is 0 Å². The van der Waals surface area contributed by atoms with Gasteiger partial charge in [-0.15, -0.1) is 34.9 Å². The minimum atomic E-state index is -0.377. The van der Waals surface area contributed by atoms with E-state index in [1.165, 1.54) is 49.9 Å². The van der Waals surface area contributed by atoms with Crippen molar-refractivity contribution in [3.63, 3.8) is 0 Å². The van der Waals surface area contributed by atoms with E-state index in [1.807, 2.05) is 47.7 Å². The molecule has 5 aromatic rings. The smallest absolute Gasteiger partial charge is 0.164 e. The Kier molecular flexibility index (Phi) is 11.7. The zero-order valence-corrected chi connectivity index (χ0v) is 30.5. The molecule has 0 saturated heterocycles. The summed E-state index contributed by atoms with van der Waals surface area (Å²) in [6, 6.07) is 29.6. The zero-order chi connectivity index (χ0) is 32.2. The third-order valence-electron chi connectivity index (χ3n) is 8.98. The number of fused-ring (bicyclic) bond motifs is 3. The van der Waals surface area contributed by atoms with Gasteiger partial charge < -0.3 is 10.1 Å². The summed E-state index contributed by atoms with van der Waals surface area (Å²) >= 11 is 0. The average Bonchev–Trinajstić information content (AvgIpc) is 3.01. The molecule has 0 unspecified atom stereocenters. The topological polar surface area (TPSA) is 50.2 Å². The molecule has 1 N–H and O–H groups in total. The first-order valence-corrected chi connectivity index (χ1v) is 15.6. The standard InChI is InChI=1S/C28H22N.C13H24O2.Ir/c1-18-13-19(2)15-24(14-18)28-27-25(20(3)17-29-28)11-10-23-16-22(9-12-26(23)27)21-7-5-4-6-8-21;1-7-12(3,4)10(14)9-11(15)13(5,6)8-2;/h4-14,16-17H,1-3H3;9,14H,7-8H2,1-6H3;/q-1;;/b;10-9-;. The van der Waals surface area contributed by atoms with Gasteiger partial charge in [0.15, 0.2) is 5.78 Å². The van der Waals surface area contributed by atoms with E-state index in [9.17, 15) is 9.90 Å². The van der Waals surface area contributed by atoms with Gasteiger partial charge in [-0.25, -0.2) is 0 Å². The zero-order valence-electron chi connectivity index (χ0n) is 28.1. The van der Waals surface area contributed by atoms with Crippen molar-refractivity contribution in [2.45, 2.75) is 75.2 Å². The molecule has 1 aromatic heterocycles. The number of carbonyl (C=O) groups excluding carboxylic acids is 1. The third-order valence-corrected chi connectivity index (χ3v) is 8.98. The first kappa shape index (κ1) is 35.9. The number of hydrogen-bond donors (Lipinski definition) is 1. The fourth-order valence-electron chi connectivity index (χ4n) is 5.12. The van der Waals surface area contributed by atoms with Crippen LogP contribution in [-0.2, 0) is 24.9 Å². The fourth-order valence-corrected chi connectivity index (χ4v) is 5.12. The van der Waals surface area contributed by atoms with Crippen molar-refractivity contribution in [2.24, 2.45) is 10.8 Å². The van der Waals surface area contributed by atoms with Gasteiger partial charge in [-0.05, 0) is 69.8 Å². The molecular weight excluding hydrogens is 731 g/mol. The Balaban J connectivity index is 0.000000297. The summed E-state index contributed by atoms with van der Waals surface area (Å²) in [6.45, 7) is 18.0. The quantitative estimate of drug-likeness (QED) is 0.0775. The second-order valence-corrected chi connectivity index (χ2v) is 13.2. The minimum absolute atomic E-state index is 0. The Morgan fingerprint density at radius 3 is 2.09 bits per heavy atom. The number of aliphatic hydroxyl groups is 1. The van der Waals surface area contributed by atoms with Gasteiger partial charge in [-0.1, -0.05) is 110 Å². The Labute approximate surface area is 283 Å². The van der Waals surface area contributed by atoms with E-state index in [0.717, 1.165) is 29.7 Å². The minimum Gasteiger partial charge on any atom is -0.512 e. The molecule has 0 aliphatic rings. The molecule has 1 radical (unpaired) electrons. The molecule has 4 aromatic carbocycles. The number of rotatable bonds is 7. The van der Waals surface area contributed by atoms with Crippen molar-refractivity contribution in [3.8, 4) is 22.4 Å². The molecule has 4 heteroatoms. The fraction of sp³-hybridized carbons (Fsp3) is 0.317. The number of benzene rings is 4. The van der Waals surface area contributed by atoms with E-state index in [2.05, 4.69) is 99.6 Å². The molecule has 0 aliphatic heterocycles. The van der Waals surface area contributed by atoms with Crippen LogP contribution in [0.2, 0.25) is 0 Å². The SMILES string of the molecule is CCC(C)(C)C(=O)/C=C(\O)C(C)(C)CC.Cc1[c-]c(-c2ncc(C)c3ccc4cc(-c5ccccc5)ccc4c23)cc(C)c1.[Ir]. The molecule has 0 spiro atoms. The molecule has 0 atom stereocenters. The molecule has 0 amide bonds. The number of hydrogen-bond acceptors (Lipinski definition) is 3. The van der Waals surface area contributed by atoms with Gasteiger partial charge in [-0.3, -0.25) is 4.79 Å². The van der Waals surface area contributed by atoms with E-state index in [1.54, 1.807) is 0 Å². The maximum Gasteiger partial charge on any atom is 0.164 e. The van der Waals surface area contributed by atoms with Crippen LogP contribution in [0.15, 0.2) is 90.8 Å². The van der Waals surface area contributed by atoms with Crippen molar-refractivity contribution < 1.29 is 30.0 Å². The second-order valence-electron chi connectivity index (χ2n) is 13.2. The van der Waals surface area contributed by atoms with E-state index in [0.29, 0.717) is 0 Å². The Hall–Kier alpha value is -3.59. The van der Waals surface area contributed by atoms with Gasteiger partial charge in [0, 0.05) is 43.2 Å². The van der Waals surface area contributed by atoms with Crippen LogP contribution in [0.25, 0.3) is 43.9 Å². The van der Waals surface area contributed by atoms with Crippen molar-refractivity contribution in [1.82, 2.24) is 4.98 Å². The predicted molar refractivity (Wildman–Crippen MR) is 187 cm³/mol. The first-order valence-electron chi connectivity index (χ1n) is 15.6. The molecular formula is C41H46IrNO2-. The summed E-state index contributed by atoms with van der Waals surface area (Å²) < 4.78 is 0. The van der Waals surface area contributed by atoms with E-state index in [4.69, 9.17) is 4.98 Å². The molecule has 0 bridgehead atoms. The van der Waals surface area contributed by atoms with Gasteiger partial charge in [0.05, 0.1) is 0 Å². The van der Waals surface area contributed by atoms with Crippen molar-refractivity contribution in [2.75, 3.05) is 0 Å². The normalized spacial score (nSPS) is 12.0. The van der Waals surface area contributed by atoms with Crippen LogP contribution in [0.3, 0.4) is 0 Å². The predicted octanol–water partition coefficient (Wildman–Crippen LogP) is 11.3. The second kappa shape index (κ2) is 14.7. The molecule has 0 aliphatic carbocycles. The molecule has 3 nitrogen and oxygen atoms in total. The van der Waals surface area contributed by atoms with Crippen LogP contribution in [0.5, 0.6) is 0 Å². The van der Waals surface area contributed by atoms with Crippen LogP contribution in [0.1, 0.15) is 71.1 Å². The summed E-state index contributed by atoms with van der Waals surface area (Å²) in [6.07, 6.45) is 4.97. The molecule has 45 heavy (non-hydrogen) atoms. The van der Waals surface area contributed by atoms with Gasteiger partial charge >= 0.3 is 0 Å². The number of aryl methyl sites for hydroxylation is 3. The van der Waals surface area contributed by atoms with E-state index in [-0.39, 0.29) is 42.5 Å². The Morgan fingerprint density at radius 1 is 0.822 bits per heavy atom. The van der Waals surface area contributed by atoms with Crippen LogP contribution in [0.4, 0.5) is 0 Å². The summed E-state index contributed by atoms with van der Waals surface area (Å²) in [5.74, 6) is 0.195. The molecule has 5 rings (SSSR count). The molecule has 237 valence electrons. The van der Waals surface area contributed by atoms with Crippen LogP contribution in [-0.4, -0.2) is 15.9 Å². The van der Waals surface area contributed by atoms with Gasteiger partial charge in [0.25, 0.3) is 0 Å². The summed E-state index contributed by atoms with van der Waals surface area (Å²) in [5, 5.41) is 14.8. The van der Waals surface area contributed by atoms with Gasteiger partial charge in [-0.2, -0.15) is 0 Å². The number of ketones is 1. The van der Waals surface area contributed by atoms with Crippen LogP contribution in [0, 0.1) is 37.7 Å². The number of allylic oxidation sites excluding steroid dienone is 2. The van der Waals surface area contributed by atoms with Crippen molar-refractivity contribution in [3.05, 3.63) is 114 Å². The largest absolute Gasteiger partial charge is 0.512 e. The van der Waals surface area contributed by atoms with Crippen molar-refractivity contribution >= 4 is 27.3 Å². The number of aliphatic hydroxyl groups excluding tert-OH is 1. The van der Waals surface area contributed by atoms with Gasteiger partial charge in [0.1, 0.15) is 5.76 Å². The number of carbonyl (C=O) groups is 1. The third kappa shape index (κ3) is 8.17. The maximum absolute atomic E-state index is 11.8. The number of aromatic nitrogens is 1. The monoisotopic (exact) mass is 777 g/mol. The average molecular weight is 777 g/mol. The van der Waals surface area contributed by atoms with Gasteiger partial charge in [0.2, 0.25) is 0 Å². The molecule has 1 heterocycles. The Bertz CT molecular complexity index is 1810. The first-order chi connectivity index (χ1) is 20.8. The van der Waals surface area contributed by atoms with E-state index < -0.39 is 0 Å².